The van der Waals surface area contributed by atoms with Crippen LogP contribution in [0.1, 0.15) is 12.0 Å². The van der Waals surface area contributed by atoms with Crippen molar-refractivity contribution >= 4 is 0 Å². The van der Waals surface area contributed by atoms with E-state index in [0.29, 0.717) is 19.6 Å². The van der Waals surface area contributed by atoms with Gasteiger partial charge in [-0.25, -0.2) is 0 Å². The van der Waals surface area contributed by atoms with Crippen molar-refractivity contribution in [2.24, 2.45) is 0 Å². The smallest absolute Gasteiger partial charge is 0.119 e. The van der Waals surface area contributed by atoms with Gasteiger partial charge in [-0.15, -0.1) is 0 Å². The molecule has 1 aromatic carbocycles. The first-order valence-electron chi connectivity index (χ1n) is 4.94. The predicted molar refractivity (Wildman–Crippen MR) is 57.7 cm³/mol. The maximum Gasteiger partial charge on any atom is 0.119 e. The highest BCUT2D eigenvalue weighted by Crippen LogP contribution is 2.13. The first-order chi connectivity index (χ1) is 7.36. The quantitative estimate of drug-likeness (QED) is 0.668. The third-order valence-corrected chi connectivity index (χ3v) is 2.01. The van der Waals surface area contributed by atoms with E-state index in [1.54, 1.807) is 7.11 Å². The van der Waals surface area contributed by atoms with E-state index in [0.717, 1.165) is 17.7 Å². The zero-order valence-corrected chi connectivity index (χ0v) is 8.90. The molecule has 1 rings (SSSR count). The standard InChI is InChI=1S/C12H15NO2/c1-14-9-10-15-12-6-4-11(5-7-12)3-2-8-13/h4-7H,2-3,9-10H2,1H3. The molecular weight excluding hydrogens is 190 g/mol. The predicted octanol–water partition coefficient (Wildman–Crippen LogP) is 2.17. The van der Waals surface area contributed by atoms with Gasteiger partial charge >= 0.3 is 0 Å². The fraction of sp³-hybridized carbons (Fsp3) is 0.417. The van der Waals surface area contributed by atoms with Crippen molar-refractivity contribution in [3.05, 3.63) is 29.8 Å². The number of ether oxygens (including phenoxy) is 2. The lowest BCUT2D eigenvalue weighted by molar-refractivity contribution is 0.146. The van der Waals surface area contributed by atoms with Crippen LogP contribution in [-0.2, 0) is 11.2 Å². The molecule has 15 heavy (non-hydrogen) atoms. The van der Waals surface area contributed by atoms with E-state index < -0.39 is 0 Å². The second-order valence-electron chi connectivity index (χ2n) is 3.14. The van der Waals surface area contributed by atoms with Gasteiger partial charge in [0.1, 0.15) is 12.4 Å². The minimum absolute atomic E-state index is 0.559. The highest BCUT2D eigenvalue weighted by atomic mass is 16.5. The molecule has 0 aliphatic heterocycles. The summed E-state index contributed by atoms with van der Waals surface area (Å²) in [4.78, 5) is 0. The van der Waals surface area contributed by atoms with Crippen molar-refractivity contribution in [2.45, 2.75) is 12.8 Å². The minimum Gasteiger partial charge on any atom is -0.491 e. The molecule has 80 valence electrons. The molecule has 0 aromatic heterocycles. The monoisotopic (exact) mass is 205 g/mol. The number of hydrogen-bond acceptors (Lipinski definition) is 3. The Hall–Kier alpha value is -1.53. The molecule has 3 heteroatoms. The summed E-state index contributed by atoms with van der Waals surface area (Å²) < 4.78 is 10.3. The molecule has 0 N–H and O–H groups in total. The van der Waals surface area contributed by atoms with Gasteiger partial charge in [-0.05, 0) is 24.1 Å². The third-order valence-electron chi connectivity index (χ3n) is 2.01. The van der Waals surface area contributed by atoms with Crippen LogP contribution >= 0.6 is 0 Å². The Morgan fingerprint density at radius 2 is 1.93 bits per heavy atom. The van der Waals surface area contributed by atoms with E-state index in [1.807, 2.05) is 24.3 Å². The molecule has 0 unspecified atom stereocenters. The highest BCUT2D eigenvalue weighted by Gasteiger charge is 1.95. The van der Waals surface area contributed by atoms with Crippen molar-refractivity contribution in [2.75, 3.05) is 20.3 Å². The lowest BCUT2D eigenvalue weighted by Crippen LogP contribution is -2.04. The van der Waals surface area contributed by atoms with Gasteiger partial charge in [0.25, 0.3) is 0 Å². The summed E-state index contributed by atoms with van der Waals surface area (Å²) in [6.07, 6.45) is 1.36. The van der Waals surface area contributed by atoms with Crippen molar-refractivity contribution < 1.29 is 9.47 Å². The number of nitrogens with zero attached hydrogens (tertiary/aromatic N) is 1. The van der Waals surface area contributed by atoms with Crippen molar-refractivity contribution in [3.63, 3.8) is 0 Å². The molecule has 0 heterocycles. The molecule has 3 nitrogen and oxygen atoms in total. The average Bonchev–Trinajstić information content (AvgIpc) is 2.28. The summed E-state index contributed by atoms with van der Waals surface area (Å²) in [5, 5.41) is 8.44. The van der Waals surface area contributed by atoms with Crippen LogP contribution in [0.5, 0.6) is 5.75 Å². The van der Waals surface area contributed by atoms with E-state index in [9.17, 15) is 0 Å². The normalized spacial score (nSPS) is 9.60. The minimum atomic E-state index is 0.559. The number of methoxy groups -OCH3 is 1. The molecule has 0 radical (unpaired) electrons. The van der Waals surface area contributed by atoms with Gasteiger partial charge in [0.2, 0.25) is 0 Å². The molecule has 0 amide bonds. The summed E-state index contributed by atoms with van der Waals surface area (Å²) in [6.45, 7) is 1.16. The largest absolute Gasteiger partial charge is 0.491 e. The second-order valence-corrected chi connectivity index (χ2v) is 3.14. The highest BCUT2D eigenvalue weighted by molar-refractivity contribution is 5.27. The molecule has 1 aromatic rings. The van der Waals surface area contributed by atoms with Crippen molar-refractivity contribution in [1.29, 1.82) is 5.26 Å². The molecule has 0 spiro atoms. The summed E-state index contributed by atoms with van der Waals surface area (Å²) in [5.74, 6) is 0.841. The molecule has 0 saturated heterocycles. The number of nitriles is 1. The zero-order valence-electron chi connectivity index (χ0n) is 8.90. The van der Waals surface area contributed by atoms with Gasteiger partial charge in [-0.2, -0.15) is 5.26 Å². The van der Waals surface area contributed by atoms with Gasteiger partial charge in [0, 0.05) is 13.5 Å². The first kappa shape index (κ1) is 11.5. The fourth-order valence-electron chi connectivity index (χ4n) is 1.20. The Morgan fingerprint density at radius 1 is 1.20 bits per heavy atom. The van der Waals surface area contributed by atoms with Crippen LogP contribution in [-0.4, -0.2) is 20.3 Å². The molecule has 0 saturated carbocycles. The Kier molecular flexibility index (Phi) is 5.28. The summed E-state index contributed by atoms with van der Waals surface area (Å²) >= 11 is 0. The van der Waals surface area contributed by atoms with Gasteiger partial charge in [0.05, 0.1) is 12.7 Å². The van der Waals surface area contributed by atoms with Gasteiger partial charge in [-0.3, -0.25) is 0 Å². The maximum atomic E-state index is 8.44. The summed E-state index contributed by atoms with van der Waals surface area (Å²) in [7, 11) is 1.65. The van der Waals surface area contributed by atoms with Crippen LogP contribution < -0.4 is 4.74 Å². The molecule has 0 aliphatic rings. The van der Waals surface area contributed by atoms with Crippen molar-refractivity contribution in [3.8, 4) is 11.8 Å². The Bertz CT molecular complexity index is 313. The summed E-state index contributed by atoms with van der Waals surface area (Å²) in [6, 6.07) is 9.93. The molecule has 0 fully saturated rings. The average molecular weight is 205 g/mol. The lowest BCUT2D eigenvalue weighted by atomic mass is 10.1. The van der Waals surface area contributed by atoms with E-state index in [1.165, 1.54) is 0 Å². The van der Waals surface area contributed by atoms with Crippen LogP contribution in [0, 0.1) is 11.3 Å². The van der Waals surface area contributed by atoms with Crippen LogP contribution in [0.25, 0.3) is 0 Å². The summed E-state index contributed by atoms with van der Waals surface area (Å²) in [5.41, 5.74) is 1.16. The third kappa shape index (κ3) is 4.48. The number of aryl methyl sites for hydroxylation is 1. The zero-order chi connectivity index (χ0) is 10.9. The Labute approximate surface area is 90.2 Å². The first-order valence-corrected chi connectivity index (χ1v) is 4.94. The van der Waals surface area contributed by atoms with Gasteiger partial charge in [-0.1, -0.05) is 12.1 Å². The SMILES string of the molecule is COCCOc1ccc(CCC#N)cc1. The van der Waals surface area contributed by atoms with E-state index in [4.69, 9.17) is 14.7 Å². The second kappa shape index (κ2) is 6.86. The topological polar surface area (TPSA) is 42.2 Å². The fourth-order valence-corrected chi connectivity index (χ4v) is 1.20. The number of rotatable bonds is 6. The molecule has 0 bridgehead atoms. The van der Waals surface area contributed by atoms with Crippen LogP contribution in [0.15, 0.2) is 24.3 Å². The van der Waals surface area contributed by atoms with Crippen LogP contribution in [0.3, 0.4) is 0 Å². The van der Waals surface area contributed by atoms with Crippen LogP contribution in [0.4, 0.5) is 0 Å². The van der Waals surface area contributed by atoms with E-state index in [-0.39, 0.29) is 0 Å². The lowest BCUT2D eigenvalue weighted by Gasteiger charge is -2.05. The van der Waals surface area contributed by atoms with Gasteiger partial charge in [0.15, 0.2) is 0 Å². The Morgan fingerprint density at radius 3 is 2.53 bits per heavy atom. The van der Waals surface area contributed by atoms with Gasteiger partial charge < -0.3 is 9.47 Å². The maximum absolute atomic E-state index is 8.44. The van der Waals surface area contributed by atoms with Crippen molar-refractivity contribution in [1.82, 2.24) is 0 Å². The molecule has 0 atom stereocenters. The van der Waals surface area contributed by atoms with E-state index in [2.05, 4.69) is 6.07 Å². The van der Waals surface area contributed by atoms with Crippen LogP contribution in [0.2, 0.25) is 0 Å². The molecule has 0 aliphatic carbocycles. The number of hydrogen-bond donors (Lipinski definition) is 0. The van der Waals surface area contributed by atoms with E-state index >= 15 is 0 Å². The molecular formula is C12H15NO2. The Balaban J connectivity index is 2.39. The number of benzene rings is 1.